The fraction of sp³-hybridized carbons (Fsp3) is 0.417. The van der Waals surface area contributed by atoms with E-state index in [2.05, 4.69) is 34.4 Å². The second-order valence-electron chi connectivity index (χ2n) is 8.67. The highest BCUT2D eigenvalue weighted by molar-refractivity contribution is 6.31. The van der Waals surface area contributed by atoms with Crippen LogP contribution in [0.3, 0.4) is 0 Å². The number of benzene rings is 2. The molecule has 1 aliphatic heterocycles. The summed E-state index contributed by atoms with van der Waals surface area (Å²) < 4.78 is 17.6. The van der Waals surface area contributed by atoms with Gasteiger partial charge in [-0.05, 0) is 44.5 Å². The zero-order chi connectivity index (χ0) is 22.7. The number of rotatable bonds is 7. The molecule has 1 aliphatic rings. The van der Waals surface area contributed by atoms with Gasteiger partial charge in [0.15, 0.2) is 11.5 Å². The van der Waals surface area contributed by atoms with E-state index in [0.29, 0.717) is 35.6 Å². The van der Waals surface area contributed by atoms with E-state index in [-0.39, 0.29) is 11.6 Å². The number of methoxy groups -OCH3 is 1. The van der Waals surface area contributed by atoms with Gasteiger partial charge in [0.25, 0.3) is 0 Å². The first-order valence-electron chi connectivity index (χ1n) is 10.7. The first-order chi connectivity index (χ1) is 15.3. The zero-order valence-electron chi connectivity index (χ0n) is 18.9. The average molecular weight is 457 g/mol. The van der Waals surface area contributed by atoms with Crippen molar-refractivity contribution in [1.29, 1.82) is 0 Å². The topological polar surface area (TPSA) is 77.5 Å². The summed E-state index contributed by atoms with van der Waals surface area (Å²) in [7, 11) is 1.63. The van der Waals surface area contributed by atoms with Crippen LogP contribution in [0.2, 0.25) is 5.02 Å². The molecule has 1 saturated heterocycles. The summed E-state index contributed by atoms with van der Waals surface area (Å²) in [5.41, 5.74) is 2.65. The third kappa shape index (κ3) is 5.23. The second kappa shape index (κ2) is 9.48. The maximum absolute atomic E-state index is 6.26. The Hall–Kier alpha value is -2.61. The SMILES string of the molecule is COc1cc2c(Nc3ccc(C)c(Cl)c3)ncnc2cc1OCCC1CNC(C)(C)CO1. The number of anilines is 2. The smallest absolute Gasteiger partial charge is 0.163 e. The van der Waals surface area contributed by atoms with E-state index in [1.54, 1.807) is 7.11 Å². The van der Waals surface area contributed by atoms with Crippen LogP contribution in [-0.2, 0) is 4.74 Å². The largest absolute Gasteiger partial charge is 0.493 e. The van der Waals surface area contributed by atoms with Crippen molar-refractivity contribution in [3.05, 3.63) is 47.2 Å². The molecule has 0 bridgehead atoms. The van der Waals surface area contributed by atoms with Crippen LogP contribution in [0.5, 0.6) is 11.5 Å². The van der Waals surface area contributed by atoms with Gasteiger partial charge in [-0.1, -0.05) is 17.7 Å². The maximum Gasteiger partial charge on any atom is 0.163 e. The third-order valence-corrected chi connectivity index (χ3v) is 5.95. The van der Waals surface area contributed by atoms with Crippen molar-refractivity contribution in [3.8, 4) is 11.5 Å². The molecule has 4 rings (SSSR count). The lowest BCUT2D eigenvalue weighted by molar-refractivity contribution is -0.0300. The lowest BCUT2D eigenvalue weighted by atomic mass is 10.0. The van der Waals surface area contributed by atoms with Crippen LogP contribution in [0.4, 0.5) is 11.5 Å². The molecule has 0 saturated carbocycles. The number of halogens is 1. The summed E-state index contributed by atoms with van der Waals surface area (Å²) in [6.07, 6.45) is 2.45. The fourth-order valence-corrected chi connectivity index (χ4v) is 3.74. The summed E-state index contributed by atoms with van der Waals surface area (Å²) in [5, 5.41) is 8.35. The van der Waals surface area contributed by atoms with Crippen LogP contribution in [0, 0.1) is 6.92 Å². The number of hydrogen-bond acceptors (Lipinski definition) is 7. The van der Waals surface area contributed by atoms with Gasteiger partial charge in [-0.15, -0.1) is 0 Å². The minimum absolute atomic E-state index is 0.0221. The standard InChI is InChI=1S/C24H29ClN4O3/c1-15-5-6-16(9-19(15)25)29-23-18-10-21(30-4)22(11-20(18)26-14-27-23)31-8-7-17-12-28-24(2,3)13-32-17/h5-6,9-11,14,17,28H,7-8,12-13H2,1-4H3,(H,26,27,29). The molecule has 32 heavy (non-hydrogen) atoms. The van der Waals surface area contributed by atoms with Crippen molar-refractivity contribution in [2.45, 2.75) is 38.8 Å². The number of aromatic nitrogens is 2. The van der Waals surface area contributed by atoms with Gasteiger partial charge in [-0.3, -0.25) is 0 Å². The monoisotopic (exact) mass is 456 g/mol. The third-order valence-electron chi connectivity index (χ3n) is 5.54. The number of nitrogens with zero attached hydrogens (tertiary/aromatic N) is 2. The molecule has 1 unspecified atom stereocenters. The Kier molecular flexibility index (Phi) is 6.69. The Labute approximate surface area is 193 Å². The highest BCUT2D eigenvalue weighted by Crippen LogP contribution is 2.35. The molecule has 7 nitrogen and oxygen atoms in total. The van der Waals surface area contributed by atoms with Crippen molar-refractivity contribution in [2.75, 3.05) is 32.2 Å². The first kappa shape index (κ1) is 22.6. The molecule has 3 aromatic rings. The van der Waals surface area contributed by atoms with E-state index in [9.17, 15) is 0 Å². The fourth-order valence-electron chi connectivity index (χ4n) is 3.56. The van der Waals surface area contributed by atoms with Crippen LogP contribution in [0.25, 0.3) is 10.9 Å². The van der Waals surface area contributed by atoms with E-state index < -0.39 is 0 Å². The summed E-state index contributed by atoms with van der Waals surface area (Å²) in [5.74, 6) is 1.94. The molecule has 1 fully saturated rings. The Morgan fingerprint density at radius 2 is 2.06 bits per heavy atom. The summed E-state index contributed by atoms with van der Waals surface area (Å²) in [4.78, 5) is 8.83. The van der Waals surface area contributed by atoms with Crippen molar-refractivity contribution >= 4 is 34.0 Å². The van der Waals surface area contributed by atoms with Gasteiger partial charge in [-0.25, -0.2) is 9.97 Å². The zero-order valence-corrected chi connectivity index (χ0v) is 19.6. The number of nitrogens with one attached hydrogen (secondary N) is 2. The van der Waals surface area contributed by atoms with Gasteiger partial charge < -0.3 is 24.8 Å². The molecule has 170 valence electrons. The number of aryl methyl sites for hydroxylation is 1. The lowest BCUT2D eigenvalue weighted by Gasteiger charge is -2.35. The predicted molar refractivity (Wildman–Crippen MR) is 127 cm³/mol. The molecule has 2 heterocycles. The Morgan fingerprint density at radius 1 is 1.22 bits per heavy atom. The maximum atomic E-state index is 6.26. The van der Waals surface area contributed by atoms with Crippen LogP contribution in [0.1, 0.15) is 25.8 Å². The quantitative estimate of drug-likeness (QED) is 0.524. The molecule has 0 spiro atoms. The van der Waals surface area contributed by atoms with Gasteiger partial charge in [0, 0.05) is 40.7 Å². The van der Waals surface area contributed by atoms with Crippen LogP contribution in [-0.4, -0.2) is 48.5 Å². The molecule has 8 heteroatoms. The Balaban J connectivity index is 1.49. The van der Waals surface area contributed by atoms with Gasteiger partial charge >= 0.3 is 0 Å². The molecule has 1 atom stereocenters. The molecule has 2 aromatic carbocycles. The normalized spacial score (nSPS) is 17.8. The molecule has 0 aliphatic carbocycles. The first-order valence-corrected chi connectivity index (χ1v) is 11.1. The van der Waals surface area contributed by atoms with Gasteiger partial charge in [-0.2, -0.15) is 0 Å². The summed E-state index contributed by atoms with van der Waals surface area (Å²) in [6, 6.07) is 9.58. The van der Waals surface area contributed by atoms with Crippen molar-refractivity contribution in [3.63, 3.8) is 0 Å². The van der Waals surface area contributed by atoms with Crippen LogP contribution < -0.4 is 20.1 Å². The average Bonchev–Trinajstić information content (AvgIpc) is 2.77. The highest BCUT2D eigenvalue weighted by Gasteiger charge is 2.26. The number of fused-ring (bicyclic) bond motifs is 1. The highest BCUT2D eigenvalue weighted by atomic mass is 35.5. The number of ether oxygens (including phenoxy) is 3. The lowest BCUT2D eigenvalue weighted by Crippen LogP contribution is -2.53. The van der Waals surface area contributed by atoms with Crippen LogP contribution >= 0.6 is 11.6 Å². The summed E-state index contributed by atoms with van der Waals surface area (Å²) in [6.45, 7) is 8.27. The van der Waals surface area contributed by atoms with Crippen molar-refractivity contribution in [2.24, 2.45) is 0 Å². The number of morpholine rings is 1. The van der Waals surface area contributed by atoms with Crippen molar-refractivity contribution < 1.29 is 14.2 Å². The Morgan fingerprint density at radius 3 is 2.78 bits per heavy atom. The van der Waals surface area contributed by atoms with E-state index in [4.69, 9.17) is 25.8 Å². The van der Waals surface area contributed by atoms with E-state index in [0.717, 1.165) is 35.1 Å². The van der Waals surface area contributed by atoms with Gasteiger partial charge in [0.1, 0.15) is 12.1 Å². The van der Waals surface area contributed by atoms with E-state index in [1.165, 1.54) is 6.33 Å². The minimum Gasteiger partial charge on any atom is -0.493 e. The molecule has 1 aromatic heterocycles. The molecule has 0 amide bonds. The molecule has 0 radical (unpaired) electrons. The molecular formula is C24H29ClN4O3. The van der Waals surface area contributed by atoms with E-state index >= 15 is 0 Å². The molecule has 2 N–H and O–H groups in total. The van der Waals surface area contributed by atoms with Gasteiger partial charge in [0.05, 0.1) is 31.9 Å². The van der Waals surface area contributed by atoms with Gasteiger partial charge in [0.2, 0.25) is 0 Å². The number of hydrogen-bond donors (Lipinski definition) is 2. The van der Waals surface area contributed by atoms with Crippen molar-refractivity contribution in [1.82, 2.24) is 15.3 Å². The Bertz CT molecular complexity index is 1100. The van der Waals surface area contributed by atoms with E-state index in [1.807, 2.05) is 37.3 Å². The minimum atomic E-state index is 0.0221. The molecular weight excluding hydrogens is 428 g/mol. The predicted octanol–water partition coefficient (Wildman–Crippen LogP) is 4.88. The second-order valence-corrected chi connectivity index (χ2v) is 9.07. The van der Waals surface area contributed by atoms with Crippen LogP contribution in [0.15, 0.2) is 36.7 Å². The summed E-state index contributed by atoms with van der Waals surface area (Å²) >= 11 is 6.26.